The van der Waals surface area contributed by atoms with Crippen LogP contribution in [-0.2, 0) is 4.74 Å². The van der Waals surface area contributed by atoms with Crippen LogP contribution in [0.5, 0.6) is 23.3 Å². The van der Waals surface area contributed by atoms with Crippen molar-refractivity contribution in [2.45, 2.75) is 39.7 Å². The van der Waals surface area contributed by atoms with Crippen molar-refractivity contribution in [1.82, 2.24) is 14.9 Å². The fraction of sp³-hybridized carbons (Fsp3) is 0.522. The van der Waals surface area contributed by atoms with Crippen molar-refractivity contribution in [3.63, 3.8) is 0 Å². The number of ether oxygens (including phenoxy) is 4. The Kier molecular flexibility index (Phi) is 8.65. The van der Waals surface area contributed by atoms with Crippen LogP contribution in [0.1, 0.15) is 32.3 Å². The van der Waals surface area contributed by atoms with E-state index in [1.54, 1.807) is 13.0 Å². The van der Waals surface area contributed by atoms with Crippen LogP contribution in [0.15, 0.2) is 24.5 Å². The molecule has 33 heavy (non-hydrogen) atoms. The molecule has 0 spiro atoms. The van der Waals surface area contributed by atoms with Crippen LogP contribution >= 0.6 is 0 Å². The van der Waals surface area contributed by atoms with Gasteiger partial charge in [0.25, 0.3) is 0 Å². The predicted molar refractivity (Wildman–Crippen MR) is 118 cm³/mol. The molecule has 0 atom stereocenters. The van der Waals surface area contributed by atoms with Crippen LogP contribution < -0.4 is 14.2 Å². The van der Waals surface area contributed by atoms with Crippen molar-refractivity contribution in [2.75, 3.05) is 32.9 Å². The number of carbonyl (C=O) groups is 1. The van der Waals surface area contributed by atoms with Crippen molar-refractivity contribution in [3.8, 4) is 23.3 Å². The summed E-state index contributed by atoms with van der Waals surface area (Å²) in [7, 11) is 0. The van der Waals surface area contributed by atoms with Gasteiger partial charge in [0.2, 0.25) is 11.8 Å². The molecule has 1 aromatic heterocycles. The molecule has 1 N–H and O–H groups in total. The van der Waals surface area contributed by atoms with Gasteiger partial charge in [-0.15, -0.1) is 0 Å². The molecule has 2 aromatic rings. The van der Waals surface area contributed by atoms with Crippen LogP contribution in [0.4, 0.5) is 9.18 Å². The van der Waals surface area contributed by atoms with Crippen LogP contribution in [0.3, 0.4) is 0 Å². The van der Waals surface area contributed by atoms with Gasteiger partial charge >= 0.3 is 6.09 Å². The second-order valence-electron chi connectivity index (χ2n) is 8.21. The highest BCUT2D eigenvalue weighted by Crippen LogP contribution is 2.31. The number of amides is 1. The van der Waals surface area contributed by atoms with Gasteiger partial charge in [0, 0.05) is 38.6 Å². The van der Waals surface area contributed by atoms with E-state index in [1.807, 2.05) is 0 Å². The molecule has 1 aliphatic rings. The van der Waals surface area contributed by atoms with Crippen molar-refractivity contribution in [2.24, 2.45) is 5.92 Å². The van der Waals surface area contributed by atoms with Crippen molar-refractivity contribution in [1.29, 1.82) is 0 Å². The predicted octanol–water partition coefficient (Wildman–Crippen LogP) is 4.29. The van der Waals surface area contributed by atoms with Crippen LogP contribution in [0.2, 0.25) is 0 Å². The van der Waals surface area contributed by atoms with E-state index < -0.39 is 11.9 Å². The molecule has 1 aliphatic heterocycles. The highest BCUT2D eigenvalue weighted by Gasteiger charge is 2.25. The fourth-order valence-electron chi connectivity index (χ4n) is 3.26. The van der Waals surface area contributed by atoms with E-state index >= 15 is 0 Å². The van der Waals surface area contributed by atoms with Gasteiger partial charge < -0.3 is 29.0 Å². The number of aromatic nitrogens is 2. The molecule has 3 rings (SSSR count). The highest BCUT2D eigenvalue weighted by atomic mass is 19.1. The summed E-state index contributed by atoms with van der Waals surface area (Å²) in [6, 6.07) is 4.34. The third kappa shape index (κ3) is 7.18. The maximum Gasteiger partial charge on any atom is 0.407 e. The summed E-state index contributed by atoms with van der Waals surface area (Å²) in [4.78, 5) is 20.7. The van der Waals surface area contributed by atoms with Crippen LogP contribution in [0.25, 0.3) is 0 Å². The standard InChI is InChI=1S/C23H30FN3O6/c1-15(2)13-30-10-11-31-18-4-5-20(19(24)12-18)33-22-16(3)21(25-14-26-22)32-17-6-8-27(9-7-17)23(28)29/h4-5,12,14-15,17H,6-11,13H2,1-3H3,(H,28,29). The van der Waals surface area contributed by atoms with E-state index in [0.29, 0.717) is 68.9 Å². The molecule has 10 heteroatoms. The first-order chi connectivity index (χ1) is 15.8. The zero-order valence-corrected chi connectivity index (χ0v) is 19.1. The van der Waals surface area contributed by atoms with Gasteiger partial charge in [-0.3, -0.25) is 0 Å². The Balaban J connectivity index is 1.57. The zero-order chi connectivity index (χ0) is 23.8. The molecule has 1 aromatic carbocycles. The number of benzene rings is 1. The summed E-state index contributed by atoms with van der Waals surface area (Å²) in [6.45, 7) is 8.05. The molecule has 180 valence electrons. The molecule has 1 fully saturated rings. The summed E-state index contributed by atoms with van der Waals surface area (Å²) in [5.74, 6) is 0.746. The zero-order valence-electron chi connectivity index (χ0n) is 19.1. The largest absolute Gasteiger partial charge is 0.491 e. The highest BCUT2D eigenvalue weighted by molar-refractivity contribution is 5.65. The minimum absolute atomic E-state index is 0.000856. The molecule has 2 heterocycles. The van der Waals surface area contributed by atoms with Crippen molar-refractivity contribution < 1.29 is 33.2 Å². The van der Waals surface area contributed by atoms with Gasteiger partial charge in [0.15, 0.2) is 11.6 Å². The topological polar surface area (TPSA) is 103 Å². The van der Waals surface area contributed by atoms with Gasteiger partial charge in [0.05, 0.1) is 12.2 Å². The van der Waals surface area contributed by atoms with Gasteiger partial charge in [-0.05, 0) is 25.0 Å². The number of likely N-dealkylation sites (tertiary alicyclic amines) is 1. The molecular formula is C23H30FN3O6. The Morgan fingerprint density at radius 3 is 2.61 bits per heavy atom. The van der Waals surface area contributed by atoms with Crippen molar-refractivity contribution >= 4 is 6.09 Å². The summed E-state index contributed by atoms with van der Waals surface area (Å²) in [5.41, 5.74) is 0.528. The second-order valence-corrected chi connectivity index (χ2v) is 8.21. The minimum Gasteiger partial charge on any atom is -0.491 e. The molecule has 0 saturated carbocycles. The number of hydrogen-bond donors (Lipinski definition) is 1. The number of halogens is 1. The maximum absolute atomic E-state index is 14.6. The lowest BCUT2D eigenvalue weighted by Gasteiger charge is -2.30. The van der Waals surface area contributed by atoms with E-state index in [-0.39, 0.29) is 17.7 Å². The Bertz CT molecular complexity index is 934. The molecule has 0 aliphatic carbocycles. The molecule has 9 nitrogen and oxygen atoms in total. The monoisotopic (exact) mass is 463 g/mol. The lowest BCUT2D eigenvalue weighted by molar-refractivity contribution is 0.0818. The normalized spacial score (nSPS) is 14.4. The van der Waals surface area contributed by atoms with E-state index in [0.717, 1.165) is 0 Å². The minimum atomic E-state index is -0.930. The fourth-order valence-corrected chi connectivity index (χ4v) is 3.26. The lowest BCUT2D eigenvalue weighted by atomic mass is 10.1. The summed E-state index contributed by atoms with van der Waals surface area (Å²) in [5, 5.41) is 9.06. The third-order valence-electron chi connectivity index (χ3n) is 5.04. The van der Waals surface area contributed by atoms with E-state index in [9.17, 15) is 9.18 Å². The number of hydrogen-bond acceptors (Lipinski definition) is 7. The summed E-state index contributed by atoms with van der Waals surface area (Å²) >= 11 is 0. The first kappa shape index (κ1) is 24.5. The summed E-state index contributed by atoms with van der Waals surface area (Å²) < 4.78 is 37.1. The average Bonchev–Trinajstić information content (AvgIpc) is 2.78. The second kappa shape index (κ2) is 11.6. The Labute approximate surface area is 192 Å². The number of nitrogens with zero attached hydrogens (tertiary/aromatic N) is 3. The molecular weight excluding hydrogens is 433 g/mol. The summed E-state index contributed by atoms with van der Waals surface area (Å²) in [6.07, 6.45) is 1.31. The lowest BCUT2D eigenvalue weighted by Crippen LogP contribution is -2.41. The van der Waals surface area contributed by atoms with E-state index in [2.05, 4.69) is 23.8 Å². The Morgan fingerprint density at radius 1 is 1.21 bits per heavy atom. The number of carboxylic acid groups (broad SMARTS) is 1. The first-order valence-electron chi connectivity index (χ1n) is 11.0. The molecule has 0 unspecified atom stereocenters. The van der Waals surface area contributed by atoms with Gasteiger partial charge in [-0.2, -0.15) is 0 Å². The quantitative estimate of drug-likeness (QED) is 0.521. The molecule has 0 radical (unpaired) electrons. The van der Waals surface area contributed by atoms with Crippen LogP contribution in [0, 0.1) is 18.7 Å². The van der Waals surface area contributed by atoms with E-state index in [1.165, 1.54) is 23.4 Å². The molecule has 1 saturated heterocycles. The molecule has 1 amide bonds. The van der Waals surface area contributed by atoms with Crippen LogP contribution in [-0.4, -0.2) is 65.1 Å². The molecule has 0 bridgehead atoms. The van der Waals surface area contributed by atoms with E-state index in [4.69, 9.17) is 24.1 Å². The van der Waals surface area contributed by atoms with Gasteiger partial charge in [0.1, 0.15) is 24.8 Å². The van der Waals surface area contributed by atoms with Gasteiger partial charge in [-0.1, -0.05) is 13.8 Å². The Hall–Kier alpha value is -3.14. The SMILES string of the molecule is Cc1c(Oc2ccc(OCCOCC(C)C)cc2F)ncnc1OC1CCN(C(=O)O)CC1. The smallest absolute Gasteiger partial charge is 0.407 e. The van der Waals surface area contributed by atoms with Crippen molar-refractivity contribution in [3.05, 3.63) is 35.9 Å². The Morgan fingerprint density at radius 2 is 1.94 bits per heavy atom. The number of piperidine rings is 1. The maximum atomic E-state index is 14.6. The number of rotatable bonds is 10. The third-order valence-corrected chi connectivity index (χ3v) is 5.04. The first-order valence-corrected chi connectivity index (χ1v) is 11.0. The average molecular weight is 464 g/mol. The van der Waals surface area contributed by atoms with Gasteiger partial charge in [-0.25, -0.2) is 19.2 Å².